The summed E-state index contributed by atoms with van der Waals surface area (Å²) in [5.74, 6) is -2.78. The van der Waals surface area contributed by atoms with Gasteiger partial charge in [-0.25, -0.2) is 4.79 Å². The van der Waals surface area contributed by atoms with Crippen LogP contribution in [0, 0.1) is 0 Å². The molecule has 0 saturated heterocycles. The van der Waals surface area contributed by atoms with E-state index in [-0.39, 0.29) is 17.9 Å². The van der Waals surface area contributed by atoms with E-state index in [0.29, 0.717) is 5.02 Å². The van der Waals surface area contributed by atoms with Crippen molar-refractivity contribution in [1.29, 1.82) is 0 Å². The van der Waals surface area contributed by atoms with Crippen molar-refractivity contribution in [3.63, 3.8) is 0 Å². The molecule has 0 spiro atoms. The third-order valence-corrected chi connectivity index (χ3v) is 3.77. The second kappa shape index (κ2) is 8.30. The van der Waals surface area contributed by atoms with Gasteiger partial charge >= 0.3 is 17.8 Å². The van der Waals surface area contributed by atoms with Crippen molar-refractivity contribution in [2.24, 2.45) is 0 Å². The Labute approximate surface area is 158 Å². The van der Waals surface area contributed by atoms with Crippen LogP contribution in [-0.4, -0.2) is 30.3 Å². The quantitative estimate of drug-likeness (QED) is 0.568. The van der Waals surface area contributed by atoms with Gasteiger partial charge in [-0.2, -0.15) is 13.2 Å². The van der Waals surface area contributed by atoms with E-state index in [1.54, 1.807) is 11.4 Å². The molecule has 2 rings (SSSR count). The van der Waals surface area contributed by atoms with Gasteiger partial charge in [0.25, 0.3) is 5.91 Å². The molecule has 5 nitrogen and oxygen atoms in total. The minimum Gasteiger partial charge on any atom is -0.463 e. The summed E-state index contributed by atoms with van der Waals surface area (Å²) in [5.41, 5.74) is -3.62. The molecule has 27 heavy (non-hydrogen) atoms. The van der Waals surface area contributed by atoms with Crippen LogP contribution in [-0.2, 0) is 9.53 Å². The first-order chi connectivity index (χ1) is 12.7. The Hall–Kier alpha value is -2.74. The predicted molar refractivity (Wildman–Crippen MR) is 94.4 cm³/mol. The van der Waals surface area contributed by atoms with Gasteiger partial charge in [0.15, 0.2) is 0 Å². The number of halogens is 4. The summed E-state index contributed by atoms with van der Waals surface area (Å²) in [6.45, 7) is 1.06. The van der Waals surface area contributed by atoms with Gasteiger partial charge in [0.1, 0.15) is 0 Å². The van der Waals surface area contributed by atoms with E-state index in [0.717, 1.165) is 0 Å². The van der Waals surface area contributed by atoms with Crippen LogP contribution in [0.1, 0.15) is 17.3 Å². The lowest BCUT2D eigenvalue weighted by molar-refractivity contribution is -0.204. The largest absolute Gasteiger partial charge is 0.463 e. The van der Waals surface area contributed by atoms with Crippen LogP contribution in [0.3, 0.4) is 0 Å². The van der Waals surface area contributed by atoms with E-state index >= 15 is 0 Å². The molecule has 0 fully saturated rings. The van der Waals surface area contributed by atoms with Gasteiger partial charge in [0.05, 0.1) is 6.61 Å². The standard InChI is InChI=1S/C18H16ClF3N2O3/c1-2-27-16(26)17(18(20,21)22,23-14-10-8-13(19)9-11-14)24-15(25)12-6-4-3-5-7-12/h3-11,23H,2H2,1H3,(H,24,25)/t17-/m0/s1. The fourth-order valence-corrected chi connectivity index (χ4v) is 2.34. The van der Waals surface area contributed by atoms with Gasteiger partial charge in [-0.3, -0.25) is 4.79 Å². The topological polar surface area (TPSA) is 67.4 Å². The molecule has 0 aliphatic heterocycles. The third kappa shape index (κ3) is 4.71. The zero-order valence-electron chi connectivity index (χ0n) is 14.1. The van der Waals surface area contributed by atoms with Crippen LogP contribution in [0.2, 0.25) is 5.02 Å². The molecule has 0 unspecified atom stereocenters. The Balaban J connectivity index is 2.48. The van der Waals surface area contributed by atoms with Crippen LogP contribution in [0.15, 0.2) is 54.6 Å². The number of hydrogen-bond donors (Lipinski definition) is 2. The van der Waals surface area contributed by atoms with E-state index in [4.69, 9.17) is 11.6 Å². The van der Waals surface area contributed by atoms with Crippen LogP contribution in [0.25, 0.3) is 0 Å². The summed E-state index contributed by atoms with van der Waals surface area (Å²) in [7, 11) is 0. The molecule has 0 saturated carbocycles. The molecule has 0 aliphatic rings. The van der Waals surface area contributed by atoms with Gasteiger partial charge in [0.2, 0.25) is 0 Å². The number of alkyl halides is 3. The van der Waals surface area contributed by atoms with Gasteiger partial charge in [-0.1, -0.05) is 29.8 Å². The fraction of sp³-hybridized carbons (Fsp3) is 0.222. The molecule has 9 heteroatoms. The number of carbonyl (C=O) groups is 2. The molecule has 2 N–H and O–H groups in total. The number of carbonyl (C=O) groups excluding carboxylic acids is 2. The van der Waals surface area contributed by atoms with Crippen molar-refractivity contribution in [2.45, 2.75) is 18.8 Å². The first-order valence-electron chi connectivity index (χ1n) is 7.85. The molecule has 144 valence electrons. The number of hydrogen-bond acceptors (Lipinski definition) is 4. The van der Waals surface area contributed by atoms with Gasteiger partial charge in [-0.05, 0) is 43.3 Å². The van der Waals surface area contributed by atoms with E-state index < -0.39 is 23.7 Å². The monoisotopic (exact) mass is 400 g/mol. The minimum absolute atomic E-state index is 0.0478. The number of anilines is 1. The number of benzene rings is 2. The second-order valence-corrected chi connectivity index (χ2v) is 5.86. The zero-order chi connectivity index (χ0) is 20.1. The molecule has 0 bridgehead atoms. The summed E-state index contributed by atoms with van der Waals surface area (Å²) in [6.07, 6.45) is -5.21. The Bertz CT molecular complexity index is 798. The van der Waals surface area contributed by atoms with E-state index in [1.807, 2.05) is 0 Å². The highest BCUT2D eigenvalue weighted by Crippen LogP contribution is 2.33. The highest BCUT2D eigenvalue weighted by Gasteiger charge is 2.63. The SMILES string of the molecule is CCOC(=O)[C@@](NC(=O)c1ccccc1)(Nc1ccc(Cl)cc1)C(F)(F)F. The Kier molecular flexibility index (Phi) is 6.32. The number of amides is 1. The first kappa shape index (κ1) is 20.6. The smallest absolute Gasteiger partial charge is 0.441 e. The molecule has 1 amide bonds. The molecule has 2 aromatic rings. The van der Waals surface area contributed by atoms with Crippen molar-refractivity contribution >= 4 is 29.2 Å². The summed E-state index contributed by atoms with van der Waals surface area (Å²) in [5, 5.41) is 4.10. The van der Waals surface area contributed by atoms with E-state index in [1.165, 1.54) is 55.5 Å². The molecule has 0 aliphatic carbocycles. The molecule has 0 aromatic heterocycles. The summed E-state index contributed by atoms with van der Waals surface area (Å²) in [4.78, 5) is 24.7. The van der Waals surface area contributed by atoms with Crippen molar-refractivity contribution in [3.05, 3.63) is 65.2 Å². The molecule has 2 aromatic carbocycles. The first-order valence-corrected chi connectivity index (χ1v) is 8.22. The second-order valence-electron chi connectivity index (χ2n) is 5.42. The minimum atomic E-state index is -5.21. The lowest BCUT2D eigenvalue weighted by atomic mass is 10.1. The molecular formula is C18H16ClF3N2O3. The van der Waals surface area contributed by atoms with Crippen LogP contribution >= 0.6 is 11.6 Å². The van der Waals surface area contributed by atoms with Crippen molar-refractivity contribution in [3.8, 4) is 0 Å². The van der Waals surface area contributed by atoms with Crippen molar-refractivity contribution in [2.75, 3.05) is 11.9 Å². The number of nitrogens with one attached hydrogen (secondary N) is 2. The lowest BCUT2D eigenvalue weighted by Crippen LogP contribution is -2.69. The maximum absolute atomic E-state index is 14.0. The van der Waals surface area contributed by atoms with Crippen LogP contribution in [0.4, 0.5) is 18.9 Å². The highest BCUT2D eigenvalue weighted by molar-refractivity contribution is 6.30. The van der Waals surface area contributed by atoms with Crippen LogP contribution in [0.5, 0.6) is 0 Å². The molecular weight excluding hydrogens is 385 g/mol. The maximum Gasteiger partial charge on any atom is 0.441 e. The van der Waals surface area contributed by atoms with Gasteiger partial charge < -0.3 is 15.4 Å². The Morgan fingerprint density at radius 2 is 1.63 bits per heavy atom. The average Bonchev–Trinajstić information content (AvgIpc) is 2.62. The van der Waals surface area contributed by atoms with Gasteiger partial charge in [-0.15, -0.1) is 0 Å². The third-order valence-electron chi connectivity index (χ3n) is 3.52. The zero-order valence-corrected chi connectivity index (χ0v) is 14.9. The molecule has 0 heterocycles. The van der Waals surface area contributed by atoms with E-state index in [2.05, 4.69) is 10.1 Å². The molecule has 0 radical (unpaired) electrons. The summed E-state index contributed by atoms with van der Waals surface area (Å²) in [6, 6.07) is 12.4. The highest BCUT2D eigenvalue weighted by atomic mass is 35.5. The average molecular weight is 401 g/mol. The van der Waals surface area contributed by atoms with Crippen molar-refractivity contribution in [1.82, 2.24) is 5.32 Å². The summed E-state index contributed by atoms with van der Waals surface area (Å²) >= 11 is 5.74. The normalized spacial score (nSPS) is 13.4. The Morgan fingerprint density at radius 3 is 2.15 bits per heavy atom. The predicted octanol–water partition coefficient (Wildman–Crippen LogP) is 4.00. The summed E-state index contributed by atoms with van der Waals surface area (Å²) < 4.78 is 46.6. The number of rotatable bonds is 6. The maximum atomic E-state index is 14.0. The molecule has 1 atom stereocenters. The van der Waals surface area contributed by atoms with Gasteiger partial charge in [0, 0.05) is 16.3 Å². The van der Waals surface area contributed by atoms with Crippen molar-refractivity contribution < 1.29 is 27.5 Å². The lowest BCUT2D eigenvalue weighted by Gasteiger charge is -2.35. The van der Waals surface area contributed by atoms with Crippen LogP contribution < -0.4 is 10.6 Å². The Morgan fingerprint density at radius 1 is 1.04 bits per heavy atom. The number of esters is 1. The fourth-order valence-electron chi connectivity index (χ4n) is 2.21. The van der Waals surface area contributed by atoms with E-state index in [9.17, 15) is 22.8 Å². The number of ether oxygens (including phenoxy) is 1.